The van der Waals surface area contributed by atoms with Crippen molar-refractivity contribution in [3.05, 3.63) is 0 Å². The van der Waals surface area contributed by atoms with Crippen LogP contribution in [0.4, 0.5) is 0 Å². The Morgan fingerprint density at radius 2 is 1.89 bits per heavy atom. The van der Waals surface area contributed by atoms with Crippen molar-refractivity contribution in [2.45, 2.75) is 83.0 Å². The van der Waals surface area contributed by atoms with Gasteiger partial charge in [-0.15, -0.1) is 0 Å². The average Bonchev–Trinajstić information content (AvgIpc) is 2.70. The van der Waals surface area contributed by atoms with Gasteiger partial charge in [0.15, 0.2) is 0 Å². The molecule has 1 saturated carbocycles. The molecule has 1 N–H and O–H groups in total. The molecule has 2 rings (SSSR count). The number of hydrogen-bond acceptors (Lipinski definition) is 3. The number of ether oxygens (including phenoxy) is 1. The van der Waals surface area contributed by atoms with Crippen LogP contribution in [0.25, 0.3) is 0 Å². The third-order valence-electron chi connectivity index (χ3n) is 4.62. The van der Waals surface area contributed by atoms with Crippen molar-refractivity contribution in [2.75, 3.05) is 19.6 Å². The largest absolute Gasteiger partial charge is 0.389 e. The Labute approximate surface area is 118 Å². The molecule has 0 aromatic heterocycles. The van der Waals surface area contributed by atoms with E-state index in [1.54, 1.807) is 0 Å². The van der Waals surface area contributed by atoms with E-state index in [0.717, 1.165) is 19.6 Å². The molecule has 0 aromatic rings. The van der Waals surface area contributed by atoms with Crippen molar-refractivity contribution in [1.29, 1.82) is 0 Å². The van der Waals surface area contributed by atoms with Gasteiger partial charge in [0.1, 0.15) is 0 Å². The molecule has 1 unspecified atom stereocenters. The summed E-state index contributed by atoms with van der Waals surface area (Å²) in [7, 11) is 0. The molecule has 1 heterocycles. The van der Waals surface area contributed by atoms with E-state index < -0.39 is 5.60 Å². The summed E-state index contributed by atoms with van der Waals surface area (Å²) in [6, 6.07) is 0. The second-order valence-electron chi connectivity index (χ2n) is 7.16. The van der Waals surface area contributed by atoms with Crippen molar-refractivity contribution in [1.82, 2.24) is 4.90 Å². The van der Waals surface area contributed by atoms with E-state index in [9.17, 15) is 5.11 Å². The average molecular weight is 269 g/mol. The van der Waals surface area contributed by atoms with Gasteiger partial charge in [-0.3, -0.25) is 4.90 Å². The topological polar surface area (TPSA) is 32.7 Å². The van der Waals surface area contributed by atoms with Gasteiger partial charge < -0.3 is 9.84 Å². The van der Waals surface area contributed by atoms with Crippen molar-refractivity contribution in [3.63, 3.8) is 0 Å². The van der Waals surface area contributed by atoms with Gasteiger partial charge in [0.05, 0.1) is 17.3 Å². The quantitative estimate of drug-likeness (QED) is 0.833. The van der Waals surface area contributed by atoms with Crippen LogP contribution < -0.4 is 0 Å². The maximum Gasteiger partial charge on any atom is 0.0718 e. The lowest BCUT2D eigenvalue weighted by molar-refractivity contribution is -0.0761. The fraction of sp³-hybridized carbons (Fsp3) is 1.00. The zero-order chi connectivity index (χ0) is 13.9. The van der Waals surface area contributed by atoms with Gasteiger partial charge in [-0.05, 0) is 46.1 Å². The van der Waals surface area contributed by atoms with E-state index in [4.69, 9.17) is 4.74 Å². The van der Waals surface area contributed by atoms with E-state index in [0.29, 0.717) is 6.10 Å². The highest BCUT2D eigenvalue weighted by atomic mass is 16.5. The second kappa shape index (κ2) is 6.11. The number of aliphatic hydroxyl groups is 1. The van der Waals surface area contributed by atoms with Crippen molar-refractivity contribution in [3.8, 4) is 0 Å². The van der Waals surface area contributed by atoms with Crippen molar-refractivity contribution in [2.24, 2.45) is 0 Å². The maximum absolute atomic E-state index is 9.95. The molecule has 0 radical (unpaired) electrons. The van der Waals surface area contributed by atoms with Crippen LogP contribution in [-0.2, 0) is 4.74 Å². The number of likely N-dealkylation sites (N-methyl/N-ethyl adjacent to an activating group) is 1. The van der Waals surface area contributed by atoms with Gasteiger partial charge in [0, 0.05) is 13.1 Å². The molecule has 1 saturated heterocycles. The summed E-state index contributed by atoms with van der Waals surface area (Å²) in [6.07, 6.45) is 9.42. The fourth-order valence-electron chi connectivity index (χ4n) is 3.73. The molecule has 112 valence electrons. The van der Waals surface area contributed by atoms with Crippen LogP contribution in [-0.4, -0.2) is 46.9 Å². The molecule has 0 aromatic carbocycles. The smallest absolute Gasteiger partial charge is 0.0718 e. The monoisotopic (exact) mass is 269 g/mol. The minimum atomic E-state index is -0.614. The molecule has 2 fully saturated rings. The van der Waals surface area contributed by atoms with E-state index in [1.165, 1.54) is 44.9 Å². The van der Waals surface area contributed by atoms with E-state index in [2.05, 4.69) is 11.8 Å². The predicted octanol–water partition coefficient (Wildman–Crippen LogP) is 2.96. The molecule has 1 aliphatic heterocycles. The fourth-order valence-corrected chi connectivity index (χ4v) is 3.73. The summed E-state index contributed by atoms with van der Waals surface area (Å²) in [5.74, 6) is 0. The first-order valence-corrected chi connectivity index (χ1v) is 8.05. The van der Waals surface area contributed by atoms with Gasteiger partial charge >= 0.3 is 0 Å². The molecule has 0 amide bonds. The van der Waals surface area contributed by atoms with Gasteiger partial charge in [-0.1, -0.05) is 26.2 Å². The zero-order valence-electron chi connectivity index (χ0n) is 13.0. The Kier molecular flexibility index (Phi) is 4.91. The zero-order valence-corrected chi connectivity index (χ0v) is 13.0. The molecule has 3 heteroatoms. The standard InChI is InChI=1S/C16H31NO2/c1-4-17(13-15(2,3)18)12-14-8-11-16(19-14)9-6-5-7-10-16/h14,18H,4-13H2,1-3H3. The summed E-state index contributed by atoms with van der Waals surface area (Å²) in [6.45, 7) is 8.62. The highest BCUT2D eigenvalue weighted by Gasteiger charge is 2.41. The Balaban J connectivity index is 1.83. The van der Waals surface area contributed by atoms with E-state index in [-0.39, 0.29) is 5.60 Å². The Morgan fingerprint density at radius 3 is 2.47 bits per heavy atom. The molecular weight excluding hydrogens is 238 g/mol. The summed E-state index contributed by atoms with van der Waals surface area (Å²) < 4.78 is 6.41. The van der Waals surface area contributed by atoms with Crippen LogP contribution in [0.15, 0.2) is 0 Å². The van der Waals surface area contributed by atoms with Gasteiger partial charge in [0.2, 0.25) is 0 Å². The lowest BCUT2D eigenvalue weighted by Gasteiger charge is -2.35. The molecule has 19 heavy (non-hydrogen) atoms. The first-order chi connectivity index (χ1) is 8.92. The van der Waals surface area contributed by atoms with Gasteiger partial charge in [-0.2, -0.15) is 0 Å². The molecule has 1 atom stereocenters. The minimum Gasteiger partial charge on any atom is -0.389 e. The predicted molar refractivity (Wildman–Crippen MR) is 78.3 cm³/mol. The van der Waals surface area contributed by atoms with Crippen molar-refractivity contribution >= 4 is 0 Å². The molecule has 3 nitrogen and oxygen atoms in total. The highest BCUT2D eigenvalue weighted by molar-refractivity contribution is 4.92. The number of nitrogens with zero attached hydrogens (tertiary/aromatic N) is 1. The van der Waals surface area contributed by atoms with Crippen LogP contribution >= 0.6 is 0 Å². The van der Waals surface area contributed by atoms with Gasteiger partial charge in [0.25, 0.3) is 0 Å². The Bertz CT molecular complexity index is 279. The number of rotatable bonds is 5. The van der Waals surface area contributed by atoms with Crippen molar-refractivity contribution < 1.29 is 9.84 Å². The Hall–Kier alpha value is -0.120. The minimum absolute atomic E-state index is 0.219. The highest BCUT2D eigenvalue weighted by Crippen LogP contribution is 2.42. The third-order valence-corrected chi connectivity index (χ3v) is 4.62. The lowest BCUT2D eigenvalue weighted by Crippen LogP contribution is -2.43. The van der Waals surface area contributed by atoms with E-state index in [1.807, 2.05) is 13.8 Å². The molecular formula is C16H31NO2. The molecule has 1 aliphatic carbocycles. The summed E-state index contributed by atoms with van der Waals surface area (Å²) in [5, 5.41) is 9.95. The SMILES string of the molecule is CCN(CC1CCC2(CCCCC2)O1)CC(C)(C)O. The second-order valence-corrected chi connectivity index (χ2v) is 7.16. The van der Waals surface area contributed by atoms with Crippen LogP contribution in [0, 0.1) is 0 Å². The van der Waals surface area contributed by atoms with Crippen LogP contribution in [0.2, 0.25) is 0 Å². The van der Waals surface area contributed by atoms with Crippen LogP contribution in [0.3, 0.4) is 0 Å². The van der Waals surface area contributed by atoms with Gasteiger partial charge in [-0.25, -0.2) is 0 Å². The Morgan fingerprint density at radius 1 is 1.21 bits per heavy atom. The summed E-state index contributed by atoms with van der Waals surface area (Å²) in [5.41, 5.74) is -0.395. The first kappa shape index (κ1) is 15.3. The van der Waals surface area contributed by atoms with Crippen LogP contribution in [0.1, 0.15) is 65.7 Å². The maximum atomic E-state index is 9.95. The molecule has 1 spiro atoms. The summed E-state index contributed by atoms with van der Waals surface area (Å²) in [4.78, 5) is 2.33. The van der Waals surface area contributed by atoms with E-state index >= 15 is 0 Å². The van der Waals surface area contributed by atoms with Crippen LogP contribution in [0.5, 0.6) is 0 Å². The first-order valence-electron chi connectivity index (χ1n) is 8.05. The lowest BCUT2D eigenvalue weighted by atomic mass is 9.83. The molecule has 0 bridgehead atoms. The normalized spacial score (nSPS) is 27.3. The third kappa shape index (κ3) is 4.44. The summed E-state index contributed by atoms with van der Waals surface area (Å²) >= 11 is 0. The number of hydrogen-bond donors (Lipinski definition) is 1. The molecule has 2 aliphatic rings.